The van der Waals surface area contributed by atoms with Gasteiger partial charge in [0, 0.05) is 6.04 Å². The van der Waals surface area contributed by atoms with Gasteiger partial charge in [-0.05, 0) is 27.7 Å². The Kier molecular flexibility index (Phi) is 10.8. The second-order valence-electron chi connectivity index (χ2n) is 3.04. The van der Waals surface area contributed by atoms with Crippen LogP contribution < -0.4 is 5.32 Å². The molecule has 0 aromatic carbocycles. The molecule has 0 spiro atoms. The van der Waals surface area contributed by atoms with Gasteiger partial charge in [-0.1, -0.05) is 7.43 Å². The molecule has 0 aromatic heterocycles. The summed E-state index contributed by atoms with van der Waals surface area (Å²) in [6, 6.07) is 0.467. The summed E-state index contributed by atoms with van der Waals surface area (Å²) in [4.78, 5) is 0. The van der Waals surface area contributed by atoms with Crippen molar-refractivity contribution in [3.8, 4) is 0 Å². The highest BCUT2D eigenvalue weighted by Crippen LogP contribution is 1.87. The van der Waals surface area contributed by atoms with Crippen LogP contribution in [0, 0.1) is 0 Å². The number of hydrogen-bond acceptors (Lipinski definition) is 3. The molecule has 0 amide bonds. The fourth-order valence-electron chi connectivity index (χ4n) is 0.451. The summed E-state index contributed by atoms with van der Waals surface area (Å²) < 4.78 is 10.3. The minimum absolute atomic E-state index is 0. The average Bonchev–Trinajstić information content (AvgIpc) is 1.85. The third kappa shape index (κ3) is 12.5. The van der Waals surface area contributed by atoms with Crippen molar-refractivity contribution in [2.75, 3.05) is 13.5 Å². The highest BCUT2D eigenvalue weighted by molar-refractivity contribution is 4.44. The van der Waals surface area contributed by atoms with Crippen LogP contribution in [0.3, 0.4) is 0 Å². The topological polar surface area (TPSA) is 30.5 Å². The first-order chi connectivity index (χ1) is 5.13. The second-order valence-corrected chi connectivity index (χ2v) is 3.04. The molecule has 0 radical (unpaired) electrons. The minimum atomic E-state index is 0. The van der Waals surface area contributed by atoms with Gasteiger partial charge in [-0.3, -0.25) is 5.32 Å². The fraction of sp³-hybridized carbons (Fsp3) is 1.00. The van der Waals surface area contributed by atoms with Gasteiger partial charge in [0.05, 0.1) is 12.8 Å². The Morgan fingerprint density at radius 3 is 2.17 bits per heavy atom. The number of ether oxygens (including phenoxy) is 2. The van der Waals surface area contributed by atoms with E-state index in [-0.39, 0.29) is 13.5 Å². The predicted octanol–water partition coefficient (Wildman–Crippen LogP) is 1.98. The SMILES string of the molecule is C.CC(C)NCOCOC(C)C. The van der Waals surface area contributed by atoms with Crippen molar-refractivity contribution in [1.29, 1.82) is 0 Å². The largest absolute Gasteiger partial charge is 0.353 e. The van der Waals surface area contributed by atoms with E-state index in [1.165, 1.54) is 0 Å². The Hall–Kier alpha value is -0.120. The molecule has 0 aliphatic rings. The first kappa shape index (κ1) is 14.4. The molecule has 76 valence electrons. The summed E-state index contributed by atoms with van der Waals surface area (Å²) in [7, 11) is 0. The predicted molar refractivity (Wildman–Crippen MR) is 52.0 cm³/mol. The molecule has 0 saturated carbocycles. The summed E-state index contributed by atoms with van der Waals surface area (Å²) in [5.74, 6) is 0. The van der Waals surface area contributed by atoms with Crippen molar-refractivity contribution in [3.63, 3.8) is 0 Å². The maximum Gasteiger partial charge on any atom is 0.148 e. The average molecular weight is 177 g/mol. The zero-order valence-corrected chi connectivity index (χ0v) is 7.89. The highest BCUT2D eigenvalue weighted by Gasteiger charge is 1.93. The number of rotatable bonds is 6. The van der Waals surface area contributed by atoms with Crippen molar-refractivity contribution in [1.82, 2.24) is 5.32 Å². The van der Waals surface area contributed by atoms with E-state index in [2.05, 4.69) is 19.2 Å². The lowest BCUT2D eigenvalue weighted by Crippen LogP contribution is -2.26. The van der Waals surface area contributed by atoms with Gasteiger partial charge in [-0.2, -0.15) is 0 Å². The molecular weight excluding hydrogens is 154 g/mol. The third-order valence-corrected chi connectivity index (χ3v) is 1.08. The van der Waals surface area contributed by atoms with Crippen LogP contribution in [-0.2, 0) is 9.47 Å². The Morgan fingerprint density at radius 1 is 1.17 bits per heavy atom. The van der Waals surface area contributed by atoms with Gasteiger partial charge in [0.15, 0.2) is 0 Å². The summed E-state index contributed by atoms with van der Waals surface area (Å²) in [6.45, 7) is 9.06. The van der Waals surface area contributed by atoms with Crippen molar-refractivity contribution >= 4 is 0 Å². The molecule has 0 unspecified atom stereocenters. The smallest absolute Gasteiger partial charge is 0.148 e. The normalized spacial score (nSPS) is 10.5. The van der Waals surface area contributed by atoms with Gasteiger partial charge >= 0.3 is 0 Å². The first-order valence-electron chi connectivity index (χ1n) is 4.05. The zero-order valence-electron chi connectivity index (χ0n) is 7.89. The molecule has 0 fully saturated rings. The molecule has 3 heteroatoms. The second kappa shape index (κ2) is 8.97. The van der Waals surface area contributed by atoms with E-state index in [1.807, 2.05) is 13.8 Å². The zero-order chi connectivity index (χ0) is 8.69. The summed E-state index contributed by atoms with van der Waals surface area (Å²) in [5, 5.41) is 3.12. The maximum atomic E-state index is 5.16. The maximum absolute atomic E-state index is 5.16. The Morgan fingerprint density at radius 2 is 1.75 bits per heavy atom. The van der Waals surface area contributed by atoms with Crippen LogP contribution in [0.25, 0.3) is 0 Å². The number of nitrogens with one attached hydrogen (secondary N) is 1. The lowest BCUT2D eigenvalue weighted by atomic mass is 10.4. The number of hydrogen-bond donors (Lipinski definition) is 1. The molecule has 0 aliphatic carbocycles. The van der Waals surface area contributed by atoms with Crippen LogP contribution >= 0.6 is 0 Å². The standard InChI is InChI=1S/C8H19NO2.CH4/c1-7(2)9-5-10-6-11-8(3)4;/h7-9H,5-6H2,1-4H3;1H4. The van der Waals surface area contributed by atoms with Crippen LogP contribution in [0.2, 0.25) is 0 Å². The van der Waals surface area contributed by atoms with Crippen molar-refractivity contribution in [2.24, 2.45) is 0 Å². The summed E-state index contributed by atoms with van der Waals surface area (Å²) in [5.41, 5.74) is 0. The Labute approximate surface area is 76.4 Å². The van der Waals surface area contributed by atoms with Gasteiger partial charge in [0.1, 0.15) is 6.79 Å². The molecule has 0 saturated heterocycles. The highest BCUT2D eigenvalue weighted by atomic mass is 16.7. The minimum Gasteiger partial charge on any atom is -0.353 e. The van der Waals surface area contributed by atoms with E-state index in [0.717, 1.165) is 0 Å². The molecular formula is C9H23NO2. The molecule has 0 heterocycles. The quantitative estimate of drug-likeness (QED) is 0.497. The Balaban J connectivity index is 0. The molecule has 0 aromatic rings. The molecule has 1 N–H and O–H groups in total. The fourth-order valence-corrected chi connectivity index (χ4v) is 0.451. The van der Waals surface area contributed by atoms with E-state index in [4.69, 9.17) is 9.47 Å². The van der Waals surface area contributed by atoms with Gasteiger partial charge < -0.3 is 9.47 Å². The summed E-state index contributed by atoms with van der Waals surface area (Å²) >= 11 is 0. The van der Waals surface area contributed by atoms with Crippen LogP contribution in [0.4, 0.5) is 0 Å². The third-order valence-electron chi connectivity index (χ3n) is 1.08. The molecule has 0 bridgehead atoms. The van der Waals surface area contributed by atoms with Crippen LogP contribution in [0.15, 0.2) is 0 Å². The van der Waals surface area contributed by atoms with Gasteiger partial charge in [0.25, 0.3) is 0 Å². The summed E-state index contributed by atoms with van der Waals surface area (Å²) in [6.07, 6.45) is 0.244. The lowest BCUT2D eigenvalue weighted by molar-refractivity contribution is -0.0842. The van der Waals surface area contributed by atoms with Crippen molar-refractivity contribution in [2.45, 2.75) is 47.3 Å². The van der Waals surface area contributed by atoms with Gasteiger partial charge in [-0.25, -0.2) is 0 Å². The van der Waals surface area contributed by atoms with Crippen LogP contribution in [0.5, 0.6) is 0 Å². The molecule has 0 aliphatic heterocycles. The van der Waals surface area contributed by atoms with E-state index < -0.39 is 0 Å². The van der Waals surface area contributed by atoms with Crippen LogP contribution in [-0.4, -0.2) is 25.7 Å². The van der Waals surface area contributed by atoms with Crippen molar-refractivity contribution in [3.05, 3.63) is 0 Å². The lowest BCUT2D eigenvalue weighted by Gasteiger charge is -2.10. The molecule has 3 nitrogen and oxygen atoms in total. The molecule has 12 heavy (non-hydrogen) atoms. The first-order valence-corrected chi connectivity index (χ1v) is 4.05. The van der Waals surface area contributed by atoms with Gasteiger partial charge in [-0.15, -0.1) is 0 Å². The molecule has 0 rings (SSSR count). The van der Waals surface area contributed by atoms with E-state index in [9.17, 15) is 0 Å². The van der Waals surface area contributed by atoms with Crippen LogP contribution in [0.1, 0.15) is 35.1 Å². The van der Waals surface area contributed by atoms with E-state index >= 15 is 0 Å². The Bertz CT molecular complexity index is 74.6. The van der Waals surface area contributed by atoms with Gasteiger partial charge in [0.2, 0.25) is 0 Å². The van der Waals surface area contributed by atoms with Crippen molar-refractivity contribution < 1.29 is 9.47 Å². The molecule has 0 atom stereocenters. The van der Waals surface area contributed by atoms with E-state index in [0.29, 0.717) is 19.6 Å². The monoisotopic (exact) mass is 177 g/mol. The van der Waals surface area contributed by atoms with E-state index in [1.54, 1.807) is 0 Å².